The zero-order valence-corrected chi connectivity index (χ0v) is 13.6. The first-order valence-corrected chi connectivity index (χ1v) is 7.42. The van der Waals surface area contributed by atoms with Crippen molar-refractivity contribution in [1.29, 1.82) is 0 Å². The van der Waals surface area contributed by atoms with Crippen LogP contribution in [0.3, 0.4) is 0 Å². The first-order valence-electron chi connectivity index (χ1n) is 7.42. The van der Waals surface area contributed by atoms with Gasteiger partial charge in [0.2, 0.25) is 0 Å². The summed E-state index contributed by atoms with van der Waals surface area (Å²) in [6, 6.07) is 10.4. The molecule has 0 bridgehead atoms. The number of fused-ring (bicyclic) bond motifs is 1. The molecule has 7 heteroatoms. The van der Waals surface area contributed by atoms with Crippen molar-refractivity contribution in [2.24, 2.45) is 0 Å². The van der Waals surface area contributed by atoms with Gasteiger partial charge in [-0.05, 0) is 29.8 Å². The summed E-state index contributed by atoms with van der Waals surface area (Å²) >= 11 is 0. The van der Waals surface area contributed by atoms with Gasteiger partial charge in [0, 0.05) is 0 Å². The predicted molar refractivity (Wildman–Crippen MR) is 93.2 cm³/mol. The number of benzene rings is 2. The van der Waals surface area contributed by atoms with Gasteiger partial charge in [-0.3, -0.25) is 4.79 Å². The average Bonchev–Trinajstić information content (AvgIpc) is 2.61. The fourth-order valence-electron chi connectivity index (χ4n) is 2.63. The minimum atomic E-state index is -1.18. The van der Waals surface area contributed by atoms with Crippen LogP contribution in [0.15, 0.2) is 42.1 Å². The van der Waals surface area contributed by atoms with Crippen LogP contribution in [0.2, 0.25) is 0 Å². The Morgan fingerprint density at radius 1 is 1.04 bits per heavy atom. The summed E-state index contributed by atoms with van der Waals surface area (Å²) < 4.78 is 10.3. The molecule has 0 fully saturated rings. The molecule has 0 radical (unpaired) electrons. The van der Waals surface area contributed by atoms with Gasteiger partial charge in [-0.1, -0.05) is 18.2 Å². The number of ether oxygens (including phenoxy) is 2. The van der Waals surface area contributed by atoms with Gasteiger partial charge in [0.25, 0.3) is 5.91 Å². The molecular weight excluding hydrogens is 324 g/mol. The highest BCUT2D eigenvalue weighted by Crippen LogP contribution is 2.35. The maximum atomic E-state index is 12.3. The van der Waals surface area contributed by atoms with Crippen molar-refractivity contribution in [3.63, 3.8) is 0 Å². The molecule has 3 rings (SSSR count). The summed E-state index contributed by atoms with van der Waals surface area (Å²) in [6.45, 7) is 0. The van der Waals surface area contributed by atoms with Crippen LogP contribution in [0.1, 0.15) is 15.9 Å². The Balaban J connectivity index is 2.10. The standard InChI is InChI=1S/C18H16N2O5/c1-24-14-8-7-10(15(18(22)23)16(14)25-2)9-13-17(21)20-12-6-4-3-5-11(12)19-13/h3-9,19H,1-2H3,(H,20,21)(H,22,23). The van der Waals surface area contributed by atoms with E-state index in [4.69, 9.17) is 9.47 Å². The van der Waals surface area contributed by atoms with E-state index in [9.17, 15) is 14.7 Å². The van der Waals surface area contributed by atoms with Gasteiger partial charge in [-0.15, -0.1) is 0 Å². The molecule has 1 amide bonds. The first-order chi connectivity index (χ1) is 12.0. The number of amides is 1. The van der Waals surface area contributed by atoms with Crippen molar-refractivity contribution in [2.45, 2.75) is 0 Å². The molecule has 0 saturated heterocycles. The summed E-state index contributed by atoms with van der Waals surface area (Å²) in [5.74, 6) is -1.14. The van der Waals surface area contributed by atoms with E-state index in [2.05, 4.69) is 10.6 Å². The largest absolute Gasteiger partial charge is 0.493 e. The molecule has 1 heterocycles. The second-order valence-electron chi connectivity index (χ2n) is 5.25. The van der Waals surface area contributed by atoms with Gasteiger partial charge >= 0.3 is 5.97 Å². The van der Waals surface area contributed by atoms with Crippen LogP contribution < -0.4 is 20.1 Å². The molecule has 0 atom stereocenters. The van der Waals surface area contributed by atoms with Crippen LogP contribution >= 0.6 is 0 Å². The molecule has 2 aromatic rings. The Hall–Kier alpha value is -3.48. The first kappa shape index (κ1) is 16.4. The Labute approximate surface area is 143 Å². The summed E-state index contributed by atoms with van der Waals surface area (Å²) in [5.41, 5.74) is 1.86. The van der Waals surface area contributed by atoms with Gasteiger partial charge in [0.05, 0.1) is 25.6 Å². The number of hydrogen-bond acceptors (Lipinski definition) is 5. The summed E-state index contributed by atoms with van der Waals surface area (Å²) in [5, 5.41) is 15.3. The topological polar surface area (TPSA) is 96.9 Å². The van der Waals surface area contributed by atoms with E-state index in [1.165, 1.54) is 20.3 Å². The lowest BCUT2D eigenvalue weighted by Crippen LogP contribution is -2.25. The number of hydrogen-bond donors (Lipinski definition) is 3. The number of carboxylic acids is 1. The molecular formula is C18H16N2O5. The second-order valence-corrected chi connectivity index (χ2v) is 5.25. The third kappa shape index (κ3) is 2.99. The number of carbonyl (C=O) groups is 2. The molecule has 0 aromatic heterocycles. The molecule has 128 valence electrons. The number of rotatable bonds is 4. The van der Waals surface area contributed by atoms with Gasteiger partial charge in [-0.2, -0.15) is 0 Å². The van der Waals surface area contributed by atoms with Crippen LogP contribution in [0.4, 0.5) is 11.4 Å². The summed E-state index contributed by atoms with van der Waals surface area (Å²) in [7, 11) is 2.79. The molecule has 25 heavy (non-hydrogen) atoms. The molecule has 1 aliphatic rings. The van der Waals surface area contributed by atoms with E-state index in [0.29, 0.717) is 17.0 Å². The average molecular weight is 340 g/mol. The van der Waals surface area contributed by atoms with Crippen molar-refractivity contribution in [3.8, 4) is 11.5 Å². The van der Waals surface area contributed by atoms with E-state index in [-0.39, 0.29) is 22.9 Å². The Kier molecular flexibility index (Phi) is 4.30. The maximum absolute atomic E-state index is 12.3. The van der Waals surface area contributed by atoms with Crippen molar-refractivity contribution in [1.82, 2.24) is 0 Å². The van der Waals surface area contributed by atoms with Crippen LogP contribution in [0.5, 0.6) is 11.5 Å². The van der Waals surface area contributed by atoms with E-state index >= 15 is 0 Å². The predicted octanol–water partition coefficient (Wildman–Crippen LogP) is 2.81. The van der Waals surface area contributed by atoms with Crippen molar-refractivity contribution in [2.75, 3.05) is 24.9 Å². The smallest absolute Gasteiger partial charge is 0.340 e. The molecule has 0 aliphatic carbocycles. The van der Waals surface area contributed by atoms with Crippen LogP contribution in [0.25, 0.3) is 6.08 Å². The number of anilines is 2. The fraction of sp³-hybridized carbons (Fsp3) is 0.111. The van der Waals surface area contributed by atoms with Gasteiger partial charge in [-0.25, -0.2) is 4.79 Å². The number of nitrogens with one attached hydrogen (secondary N) is 2. The monoisotopic (exact) mass is 340 g/mol. The van der Waals surface area contributed by atoms with Gasteiger partial charge in [0.1, 0.15) is 11.3 Å². The molecule has 3 N–H and O–H groups in total. The second kappa shape index (κ2) is 6.56. The Bertz CT molecular complexity index is 889. The third-order valence-electron chi connectivity index (χ3n) is 3.78. The normalized spacial score (nSPS) is 14.3. The van der Waals surface area contributed by atoms with Crippen LogP contribution in [-0.2, 0) is 4.79 Å². The zero-order valence-electron chi connectivity index (χ0n) is 13.6. The Morgan fingerprint density at radius 3 is 2.32 bits per heavy atom. The molecule has 2 aromatic carbocycles. The quantitative estimate of drug-likeness (QED) is 0.741. The van der Waals surface area contributed by atoms with Crippen molar-refractivity contribution >= 4 is 29.3 Å². The number of carboxylic acid groups (broad SMARTS) is 1. The molecule has 7 nitrogen and oxygen atoms in total. The molecule has 0 saturated carbocycles. The summed E-state index contributed by atoms with van der Waals surface area (Å²) in [4.78, 5) is 24.0. The van der Waals surface area contributed by atoms with E-state index in [1.54, 1.807) is 18.2 Å². The van der Waals surface area contributed by atoms with Gasteiger partial charge in [0.15, 0.2) is 11.5 Å². The minimum Gasteiger partial charge on any atom is -0.493 e. The summed E-state index contributed by atoms with van der Waals surface area (Å²) in [6.07, 6.45) is 1.47. The highest BCUT2D eigenvalue weighted by Gasteiger charge is 2.23. The third-order valence-corrected chi connectivity index (χ3v) is 3.78. The molecule has 0 unspecified atom stereocenters. The van der Waals surface area contributed by atoms with Crippen molar-refractivity contribution in [3.05, 3.63) is 53.2 Å². The van der Waals surface area contributed by atoms with Gasteiger partial charge < -0.3 is 25.2 Å². The fourth-order valence-corrected chi connectivity index (χ4v) is 2.63. The zero-order chi connectivity index (χ0) is 18.0. The lowest BCUT2D eigenvalue weighted by molar-refractivity contribution is -0.112. The number of para-hydroxylation sites is 2. The lowest BCUT2D eigenvalue weighted by Gasteiger charge is -2.21. The number of methoxy groups -OCH3 is 2. The SMILES string of the molecule is COc1ccc(C=C2Nc3ccccc3NC2=O)c(C(=O)O)c1OC. The minimum absolute atomic E-state index is 0.0807. The number of carbonyl (C=O) groups excluding carboxylic acids is 1. The van der Waals surface area contributed by atoms with Crippen LogP contribution in [-0.4, -0.2) is 31.2 Å². The lowest BCUT2D eigenvalue weighted by atomic mass is 10.0. The van der Waals surface area contributed by atoms with Crippen LogP contribution in [0, 0.1) is 0 Å². The van der Waals surface area contributed by atoms with E-state index < -0.39 is 5.97 Å². The maximum Gasteiger partial charge on any atom is 0.340 e. The van der Waals surface area contributed by atoms with E-state index in [1.807, 2.05) is 18.2 Å². The highest BCUT2D eigenvalue weighted by atomic mass is 16.5. The molecule has 1 aliphatic heterocycles. The molecule has 0 spiro atoms. The van der Waals surface area contributed by atoms with E-state index in [0.717, 1.165) is 5.69 Å². The Morgan fingerprint density at radius 2 is 1.72 bits per heavy atom. The van der Waals surface area contributed by atoms with Crippen molar-refractivity contribution < 1.29 is 24.2 Å². The highest BCUT2D eigenvalue weighted by molar-refractivity contribution is 6.14. The number of aromatic carboxylic acids is 1.